The monoisotopic (exact) mass is 306 g/mol. The van der Waals surface area contributed by atoms with Gasteiger partial charge in [-0.1, -0.05) is 0 Å². The van der Waals surface area contributed by atoms with E-state index in [4.69, 9.17) is 4.74 Å². The maximum absolute atomic E-state index is 13.1. The fraction of sp³-hybridized carbons (Fsp3) is 0.357. The number of fused-ring (bicyclic) bond motifs is 1. The normalized spacial score (nSPS) is 14.5. The van der Waals surface area contributed by atoms with Crippen LogP contribution in [0.15, 0.2) is 18.2 Å². The van der Waals surface area contributed by atoms with Crippen molar-refractivity contribution in [2.75, 3.05) is 26.7 Å². The van der Waals surface area contributed by atoms with Gasteiger partial charge in [-0.3, -0.25) is 9.69 Å². The molecule has 1 aromatic heterocycles. The number of aromatic amines is 1. The van der Waals surface area contributed by atoms with Crippen molar-refractivity contribution in [1.29, 1.82) is 0 Å². The van der Waals surface area contributed by atoms with E-state index in [0.29, 0.717) is 30.0 Å². The summed E-state index contributed by atoms with van der Waals surface area (Å²) in [7, 11) is 1.62. The molecule has 1 aromatic carbocycles. The number of hydrogen-bond donors (Lipinski definition) is 1. The number of nitrogens with one attached hydrogen (secondary N) is 1. The Morgan fingerprint density at radius 3 is 3.09 bits per heavy atom. The van der Waals surface area contributed by atoms with E-state index in [1.54, 1.807) is 13.1 Å². The molecule has 0 spiro atoms. The number of cyclic esters (lactones) is 1. The first-order chi connectivity index (χ1) is 10.5. The Morgan fingerprint density at radius 1 is 1.55 bits per heavy atom. The highest BCUT2D eigenvalue weighted by atomic mass is 19.1. The van der Waals surface area contributed by atoms with Crippen LogP contribution in [0, 0.1) is 5.82 Å². The van der Waals surface area contributed by atoms with Crippen molar-refractivity contribution < 1.29 is 18.7 Å². The van der Waals surface area contributed by atoms with Gasteiger partial charge in [-0.2, -0.15) is 0 Å². The van der Waals surface area contributed by atoms with Gasteiger partial charge in [-0.15, -0.1) is 0 Å². The predicted octanol–water partition coefficient (Wildman–Crippen LogP) is 1.11. The summed E-state index contributed by atoms with van der Waals surface area (Å²) in [6, 6.07) is 4.27. The predicted molar refractivity (Wildman–Crippen MR) is 75.4 cm³/mol. The van der Waals surface area contributed by atoms with E-state index < -0.39 is 6.09 Å². The molecule has 0 radical (unpaired) electrons. The van der Waals surface area contributed by atoms with Crippen LogP contribution in [0.1, 0.15) is 5.82 Å². The highest BCUT2D eigenvalue weighted by Crippen LogP contribution is 2.14. The molecule has 1 aliphatic heterocycles. The highest BCUT2D eigenvalue weighted by molar-refractivity contribution is 5.82. The van der Waals surface area contributed by atoms with Gasteiger partial charge < -0.3 is 14.6 Å². The first-order valence-electron chi connectivity index (χ1n) is 6.83. The Bertz CT molecular complexity index is 730. The third kappa shape index (κ3) is 2.85. The number of H-pyrrole nitrogens is 1. The second-order valence-corrected chi connectivity index (χ2v) is 5.13. The molecule has 2 aromatic rings. The SMILES string of the molecule is CN(Cc1nc2ccc(F)cc2[nH]1)C(=O)CN1CCOC1=O. The summed E-state index contributed by atoms with van der Waals surface area (Å²) in [5.74, 6) is -0.00869. The molecule has 2 heterocycles. The number of halogens is 1. The van der Waals surface area contributed by atoms with E-state index >= 15 is 0 Å². The molecule has 0 atom stereocenters. The minimum absolute atomic E-state index is 0.0236. The second kappa shape index (κ2) is 5.63. The lowest BCUT2D eigenvalue weighted by Crippen LogP contribution is -2.38. The van der Waals surface area contributed by atoms with E-state index in [1.165, 1.54) is 21.9 Å². The van der Waals surface area contributed by atoms with E-state index in [2.05, 4.69) is 9.97 Å². The fourth-order valence-electron chi connectivity index (χ4n) is 2.28. The van der Waals surface area contributed by atoms with Crippen molar-refractivity contribution in [3.05, 3.63) is 29.8 Å². The van der Waals surface area contributed by atoms with Gasteiger partial charge in [0.1, 0.15) is 24.8 Å². The molecule has 2 amide bonds. The van der Waals surface area contributed by atoms with Crippen LogP contribution < -0.4 is 0 Å². The van der Waals surface area contributed by atoms with Crippen LogP contribution in [0.25, 0.3) is 11.0 Å². The smallest absolute Gasteiger partial charge is 0.410 e. The number of carbonyl (C=O) groups is 2. The number of benzene rings is 1. The molecular formula is C14H15FN4O3. The Morgan fingerprint density at radius 2 is 2.36 bits per heavy atom. The Labute approximate surface area is 125 Å². The zero-order valence-electron chi connectivity index (χ0n) is 12.0. The van der Waals surface area contributed by atoms with Crippen molar-refractivity contribution in [3.63, 3.8) is 0 Å². The van der Waals surface area contributed by atoms with Gasteiger partial charge in [0.25, 0.3) is 0 Å². The zero-order chi connectivity index (χ0) is 15.7. The molecule has 0 saturated carbocycles. The Balaban J connectivity index is 1.65. The molecular weight excluding hydrogens is 291 g/mol. The van der Waals surface area contributed by atoms with Crippen molar-refractivity contribution in [1.82, 2.24) is 19.8 Å². The van der Waals surface area contributed by atoms with Crippen LogP contribution in [0.3, 0.4) is 0 Å². The first kappa shape index (κ1) is 14.3. The number of imidazole rings is 1. The van der Waals surface area contributed by atoms with E-state index in [-0.39, 0.29) is 24.8 Å². The summed E-state index contributed by atoms with van der Waals surface area (Å²) in [4.78, 5) is 33.5. The number of ether oxygens (including phenoxy) is 1. The third-order valence-electron chi connectivity index (χ3n) is 3.48. The molecule has 1 fully saturated rings. The van der Waals surface area contributed by atoms with Gasteiger partial charge >= 0.3 is 6.09 Å². The lowest BCUT2D eigenvalue weighted by Gasteiger charge is -2.19. The van der Waals surface area contributed by atoms with Crippen molar-refractivity contribution in [3.8, 4) is 0 Å². The number of rotatable bonds is 4. The average molecular weight is 306 g/mol. The third-order valence-corrected chi connectivity index (χ3v) is 3.48. The molecule has 116 valence electrons. The number of nitrogens with zero attached hydrogens (tertiary/aromatic N) is 3. The van der Waals surface area contributed by atoms with Gasteiger partial charge in [0.15, 0.2) is 0 Å². The quantitative estimate of drug-likeness (QED) is 0.918. The fourth-order valence-corrected chi connectivity index (χ4v) is 2.28. The number of likely N-dealkylation sites (N-methyl/N-ethyl adjacent to an activating group) is 1. The van der Waals surface area contributed by atoms with E-state index in [0.717, 1.165) is 0 Å². The van der Waals surface area contributed by atoms with Crippen molar-refractivity contribution in [2.24, 2.45) is 0 Å². The Kier molecular flexibility index (Phi) is 3.66. The standard InChI is InChI=1S/C14H15FN4O3/c1-18(13(20)8-19-4-5-22-14(19)21)7-12-16-10-3-2-9(15)6-11(10)17-12/h2-3,6H,4-5,7-8H2,1H3,(H,16,17). The van der Waals surface area contributed by atoms with Gasteiger partial charge in [-0.05, 0) is 18.2 Å². The second-order valence-electron chi connectivity index (χ2n) is 5.13. The Hall–Kier alpha value is -2.64. The summed E-state index contributed by atoms with van der Waals surface area (Å²) < 4.78 is 17.9. The molecule has 7 nitrogen and oxygen atoms in total. The molecule has 1 N–H and O–H groups in total. The summed E-state index contributed by atoms with van der Waals surface area (Å²) in [5.41, 5.74) is 1.22. The van der Waals surface area contributed by atoms with Gasteiger partial charge in [-0.25, -0.2) is 14.2 Å². The lowest BCUT2D eigenvalue weighted by atomic mass is 10.3. The van der Waals surface area contributed by atoms with Gasteiger partial charge in [0, 0.05) is 7.05 Å². The van der Waals surface area contributed by atoms with Crippen LogP contribution in [-0.2, 0) is 16.1 Å². The topological polar surface area (TPSA) is 78.5 Å². The number of hydrogen-bond acceptors (Lipinski definition) is 4. The minimum atomic E-state index is -0.471. The molecule has 1 aliphatic rings. The van der Waals surface area contributed by atoms with Crippen LogP contribution in [0.2, 0.25) is 0 Å². The number of aromatic nitrogens is 2. The molecule has 8 heteroatoms. The first-order valence-corrected chi connectivity index (χ1v) is 6.83. The average Bonchev–Trinajstić information content (AvgIpc) is 3.04. The van der Waals surface area contributed by atoms with E-state index in [9.17, 15) is 14.0 Å². The molecule has 22 heavy (non-hydrogen) atoms. The van der Waals surface area contributed by atoms with Crippen molar-refractivity contribution >= 4 is 23.0 Å². The van der Waals surface area contributed by atoms with Crippen LogP contribution in [0.4, 0.5) is 9.18 Å². The summed E-state index contributed by atoms with van der Waals surface area (Å²) >= 11 is 0. The van der Waals surface area contributed by atoms with Crippen LogP contribution >= 0.6 is 0 Å². The molecule has 0 unspecified atom stereocenters. The molecule has 1 saturated heterocycles. The van der Waals surface area contributed by atoms with Crippen LogP contribution in [0.5, 0.6) is 0 Å². The maximum atomic E-state index is 13.1. The van der Waals surface area contributed by atoms with Gasteiger partial charge in [0.05, 0.1) is 24.1 Å². The summed E-state index contributed by atoms with van der Waals surface area (Å²) in [6.45, 7) is 0.954. The molecule has 0 bridgehead atoms. The van der Waals surface area contributed by atoms with Crippen molar-refractivity contribution in [2.45, 2.75) is 6.54 Å². The zero-order valence-corrected chi connectivity index (χ0v) is 12.0. The molecule has 0 aliphatic carbocycles. The largest absolute Gasteiger partial charge is 0.448 e. The van der Waals surface area contributed by atoms with E-state index in [1.807, 2.05) is 0 Å². The van der Waals surface area contributed by atoms with Crippen LogP contribution in [-0.4, -0.2) is 58.5 Å². The maximum Gasteiger partial charge on any atom is 0.410 e. The van der Waals surface area contributed by atoms with Gasteiger partial charge in [0.2, 0.25) is 5.91 Å². The lowest BCUT2D eigenvalue weighted by molar-refractivity contribution is -0.131. The summed E-state index contributed by atoms with van der Waals surface area (Å²) in [6.07, 6.45) is -0.471. The molecule has 3 rings (SSSR count). The number of carbonyl (C=O) groups excluding carboxylic acids is 2. The number of amides is 2. The highest BCUT2D eigenvalue weighted by Gasteiger charge is 2.25. The minimum Gasteiger partial charge on any atom is -0.448 e. The summed E-state index contributed by atoms with van der Waals surface area (Å²) in [5, 5.41) is 0.